The molecule has 7 heteroatoms. The zero-order valence-corrected chi connectivity index (χ0v) is 12.6. The number of halogens is 2. The number of nitrogens with zero attached hydrogens (tertiary/aromatic N) is 1. The number of phenolic OH excluding ortho intramolecular Hbond substituents is 1. The lowest BCUT2D eigenvalue weighted by atomic mass is 10.2. The van der Waals surface area contributed by atoms with Crippen LogP contribution in [-0.2, 0) is 0 Å². The number of hydrazone groups is 1. The van der Waals surface area contributed by atoms with Gasteiger partial charge in [0.15, 0.2) is 0 Å². The van der Waals surface area contributed by atoms with Crippen molar-refractivity contribution in [1.82, 2.24) is 5.43 Å². The fourth-order valence-corrected chi connectivity index (χ4v) is 2.78. The summed E-state index contributed by atoms with van der Waals surface area (Å²) in [5.74, 6) is -0.664. The maximum atomic E-state index is 11.8. The molecule has 1 aromatic carbocycles. The first-order valence-electron chi connectivity index (χ1n) is 5.12. The Hall–Kier alpha value is -1.37. The van der Waals surface area contributed by atoms with Crippen LogP contribution < -0.4 is 5.43 Å². The number of rotatable bonds is 3. The van der Waals surface area contributed by atoms with E-state index in [-0.39, 0.29) is 11.3 Å². The summed E-state index contributed by atoms with van der Waals surface area (Å²) in [6.07, 6.45) is 1.52. The molecular weight excluding hydrogens is 352 g/mol. The molecule has 2 rings (SSSR count). The summed E-state index contributed by atoms with van der Waals surface area (Å²) in [5.41, 5.74) is 2.41. The Balaban J connectivity index is 2.05. The van der Waals surface area contributed by atoms with Gasteiger partial charge in [0.05, 0.1) is 11.8 Å². The van der Waals surface area contributed by atoms with Gasteiger partial charge < -0.3 is 5.11 Å². The molecule has 0 saturated carbocycles. The van der Waals surface area contributed by atoms with E-state index < -0.39 is 5.91 Å². The number of hydrogen-bond donors (Lipinski definition) is 2. The van der Waals surface area contributed by atoms with Gasteiger partial charge in [0.1, 0.15) is 5.75 Å². The molecule has 4 nitrogen and oxygen atoms in total. The highest BCUT2D eigenvalue weighted by molar-refractivity contribution is 9.10. The SMILES string of the molecule is O=C(N/N=C\c1cc(Br)cs1)c1cc(Cl)ccc1O. The number of carbonyl (C=O) groups is 1. The third kappa shape index (κ3) is 3.79. The van der Waals surface area contributed by atoms with E-state index in [2.05, 4.69) is 26.5 Å². The van der Waals surface area contributed by atoms with Crippen LogP contribution in [0, 0.1) is 0 Å². The second kappa shape index (κ2) is 6.18. The summed E-state index contributed by atoms with van der Waals surface area (Å²) < 4.78 is 0.956. The third-order valence-electron chi connectivity index (χ3n) is 2.15. The van der Waals surface area contributed by atoms with Gasteiger partial charge in [-0.1, -0.05) is 11.6 Å². The summed E-state index contributed by atoms with van der Waals surface area (Å²) in [5, 5.41) is 15.6. The average molecular weight is 360 g/mol. The highest BCUT2D eigenvalue weighted by Gasteiger charge is 2.10. The van der Waals surface area contributed by atoms with Gasteiger partial charge in [-0.15, -0.1) is 11.3 Å². The first-order chi connectivity index (χ1) is 9.06. The molecule has 0 unspecified atom stereocenters. The number of nitrogens with one attached hydrogen (secondary N) is 1. The Kier molecular flexibility index (Phi) is 4.57. The highest BCUT2D eigenvalue weighted by Crippen LogP contribution is 2.21. The lowest BCUT2D eigenvalue weighted by Gasteiger charge is -2.02. The van der Waals surface area contributed by atoms with E-state index in [1.807, 2.05) is 11.4 Å². The molecule has 0 fully saturated rings. The van der Waals surface area contributed by atoms with E-state index in [1.54, 1.807) is 0 Å². The van der Waals surface area contributed by atoms with E-state index in [1.165, 1.54) is 35.8 Å². The monoisotopic (exact) mass is 358 g/mol. The van der Waals surface area contributed by atoms with E-state index in [9.17, 15) is 9.90 Å². The second-order valence-corrected chi connectivity index (χ2v) is 5.82. The van der Waals surface area contributed by atoms with Crippen LogP contribution in [0.3, 0.4) is 0 Å². The van der Waals surface area contributed by atoms with Crippen molar-refractivity contribution in [3.8, 4) is 5.75 Å². The molecule has 19 heavy (non-hydrogen) atoms. The lowest BCUT2D eigenvalue weighted by Crippen LogP contribution is -2.17. The summed E-state index contributed by atoms with van der Waals surface area (Å²) in [6.45, 7) is 0. The van der Waals surface area contributed by atoms with Crippen LogP contribution in [0.2, 0.25) is 5.02 Å². The molecule has 1 amide bonds. The minimum absolute atomic E-state index is 0.0806. The number of carbonyl (C=O) groups excluding carboxylic acids is 1. The molecule has 1 aromatic heterocycles. The normalized spacial score (nSPS) is 10.8. The first kappa shape index (κ1) is 14.0. The molecule has 2 aromatic rings. The molecule has 0 saturated heterocycles. The predicted molar refractivity (Wildman–Crippen MR) is 80.2 cm³/mol. The molecule has 0 aliphatic rings. The van der Waals surface area contributed by atoms with Crippen LogP contribution in [-0.4, -0.2) is 17.2 Å². The third-order valence-corrected chi connectivity index (χ3v) is 4.01. The smallest absolute Gasteiger partial charge is 0.275 e. The number of aromatic hydroxyl groups is 1. The first-order valence-corrected chi connectivity index (χ1v) is 7.17. The number of phenols is 1. The lowest BCUT2D eigenvalue weighted by molar-refractivity contribution is 0.0952. The standard InChI is InChI=1S/C12H8BrClN2O2S/c13-7-3-9(19-6-7)5-15-16-12(18)10-4-8(14)1-2-11(10)17/h1-6,17H,(H,16,18)/b15-5-. The number of amides is 1. The predicted octanol–water partition coefficient (Wildman–Crippen LogP) is 3.63. The van der Waals surface area contributed by atoms with Crippen molar-refractivity contribution in [2.45, 2.75) is 0 Å². The van der Waals surface area contributed by atoms with Gasteiger partial charge in [-0.3, -0.25) is 4.79 Å². The number of thiophene rings is 1. The van der Waals surface area contributed by atoms with Crippen LogP contribution in [0.15, 0.2) is 39.2 Å². The molecule has 0 atom stereocenters. The molecule has 98 valence electrons. The van der Waals surface area contributed by atoms with E-state index in [4.69, 9.17) is 11.6 Å². The minimum Gasteiger partial charge on any atom is -0.507 e. The van der Waals surface area contributed by atoms with E-state index in [0.717, 1.165) is 9.35 Å². The molecule has 0 aliphatic carbocycles. The maximum absolute atomic E-state index is 11.8. The molecule has 0 bridgehead atoms. The van der Waals surface area contributed by atoms with Crippen LogP contribution in [0.4, 0.5) is 0 Å². The summed E-state index contributed by atoms with van der Waals surface area (Å²) in [4.78, 5) is 12.7. The van der Waals surface area contributed by atoms with Crippen molar-refractivity contribution in [3.05, 3.63) is 49.6 Å². The fourth-order valence-electron chi connectivity index (χ4n) is 1.30. The highest BCUT2D eigenvalue weighted by atomic mass is 79.9. The fraction of sp³-hybridized carbons (Fsp3) is 0. The molecule has 0 aliphatic heterocycles. The Labute approximate surface area is 126 Å². The Morgan fingerprint density at radius 3 is 2.95 bits per heavy atom. The summed E-state index contributed by atoms with van der Waals surface area (Å²) in [7, 11) is 0. The average Bonchev–Trinajstić information content (AvgIpc) is 2.78. The summed E-state index contributed by atoms with van der Waals surface area (Å²) in [6, 6.07) is 6.11. The van der Waals surface area contributed by atoms with Gasteiger partial charge >= 0.3 is 0 Å². The largest absolute Gasteiger partial charge is 0.507 e. The molecule has 2 N–H and O–H groups in total. The number of benzene rings is 1. The minimum atomic E-state index is -0.521. The van der Waals surface area contributed by atoms with Gasteiger partial charge in [-0.05, 0) is 40.2 Å². The van der Waals surface area contributed by atoms with Crippen LogP contribution >= 0.6 is 38.9 Å². The van der Waals surface area contributed by atoms with Gasteiger partial charge in [0, 0.05) is 19.8 Å². The molecule has 0 spiro atoms. The van der Waals surface area contributed by atoms with Gasteiger partial charge in [-0.25, -0.2) is 5.43 Å². The maximum Gasteiger partial charge on any atom is 0.275 e. The number of hydrogen-bond acceptors (Lipinski definition) is 4. The van der Waals surface area contributed by atoms with Crippen molar-refractivity contribution in [2.24, 2.45) is 5.10 Å². The summed E-state index contributed by atoms with van der Waals surface area (Å²) >= 11 is 10.6. The molecule has 1 heterocycles. The zero-order chi connectivity index (χ0) is 13.8. The van der Waals surface area contributed by atoms with Gasteiger partial charge in [0.2, 0.25) is 0 Å². The van der Waals surface area contributed by atoms with Crippen molar-refractivity contribution in [3.63, 3.8) is 0 Å². The van der Waals surface area contributed by atoms with Crippen molar-refractivity contribution < 1.29 is 9.90 Å². The topological polar surface area (TPSA) is 61.7 Å². The van der Waals surface area contributed by atoms with Gasteiger partial charge in [0.25, 0.3) is 5.91 Å². The van der Waals surface area contributed by atoms with Crippen molar-refractivity contribution >= 4 is 51.0 Å². The zero-order valence-electron chi connectivity index (χ0n) is 9.43. The Morgan fingerprint density at radius 2 is 2.26 bits per heavy atom. The van der Waals surface area contributed by atoms with Crippen molar-refractivity contribution in [1.29, 1.82) is 0 Å². The Morgan fingerprint density at radius 1 is 1.47 bits per heavy atom. The van der Waals surface area contributed by atoms with E-state index in [0.29, 0.717) is 5.02 Å². The van der Waals surface area contributed by atoms with E-state index >= 15 is 0 Å². The second-order valence-electron chi connectivity index (χ2n) is 3.53. The van der Waals surface area contributed by atoms with Crippen molar-refractivity contribution in [2.75, 3.05) is 0 Å². The van der Waals surface area contributed by atoms with Gasteiger partial charge in [-0.2, -0.15) is 5.10 Å². The van der Waals surface area contributed by atoms with Crippen LogP contribution in [0.5, 0.6) is 5.75 Å². The van der Waals surface area contributed by atoms with Crippen LogP contribution in [0.1, 0.15) is 15.2 Å². The molecule has 0 radical (unpaired) electrons. The molecular formula is C12H8BrClN2O2S. The Bertz CT molecular complexity index is 642. The van der Waals surface area contributed by atoms with Crippen LogP contribution in [0.25, 0.3) is 0 Å². The quantitative estimate of drug-likeness (QED) is 0.649.